The van der Waals surface area contributed by atoms with Crippen molar-refractivity contribution in [1.82, 2.24) is 0 Å². The highest BCUT2D eigenvalue weighted by Crippen LogP contribution is 2.53. The van der Waals surface area contributed by atoms with Crippen molar-refractivity contribution in [3.8, 4) is 0 Å². The highest BCUT2D eigenvalue weighted by molar-refractivity contribution is 7.81. The summed E-state index contributed by atoms with van der Waals surface area (Å²) < 4.78 is 21.7. The van der Waals surface area contributed by atoms with Crippen molar-refractivity contribution in [3.63, 3.8) is 0 Å². The fraction of sp³-hybridized carbons (Fsp3) is 1.00. The quantitative estimate of drug-likeness (QED) is 0.222. The van der Waals surface area contributed by atoms with Gasteiger partial charge >= 0.3 is 6.95 Å². The Hall–Kier alpha value is 0.440. The maximum absolute atomic E-state index is 11.6. The third-order valence-corrected chi connectivity index (χ3v) is 5.01. The standard InChI is InChI=1S/C16H34ClO3P/c1-3-5-6-7-8-9-10-11-12-13-14-16-20-21(17,18)19-15-4-2/h3-16H2,1-2H3. The van der Waals surface area contributed by atoms with Crippen LogP contribution in [0.4, 0.5) is 0 Å². The van der Waals surface area contributed by atoms with Gasteiger partial charge < -0.3 is 0 Å². The van der Waals surface area contributed by atoms with Gasteiger partial charge in [0.25, 0.3) is 0 Å². The topological polar surface area (TPSA) is 35.5 Å². The Labute approximate surface area is 136 Å². The summed E-state index contributed by atoms with van der Waals surface area (Å²) in [4.78, 5) is 0. The van der Waals surface area contributed by atoms with Gasteiger partial charge in [0.2, 0.25) is 0 Å². The fourth-order valence-corrected chi connectivity index (χ4v) is 3.41. The Kier molecular flexibility index (Phi) is 15.7. The molecular formula is C16H34ClO3P. The van der Waals surface area contributed by atoms with Crippen LogP contribution in [0, 0.1) is 0 Å². The normalized spacial score (nSPS) is 14.2. The smallest absolute Gasteiger partial charge is 0.297 e. The highest BCUT2D eigenvalue weighted by Gasteiger charge is 2.19. The lowest BCUT2D eigenvalue weighted by atomic mass is 10.1. The summed E-state index contributed by atoms with van der Waals surface area (Å²) in [6, 6.07) is 0. The molecular weight excluding hydrogens is 307 g/mol. The summed E-state index contributed by atoms with van der Waals surface area (Å²) in [6.45, 7) is 1.70. The van der Waals surface area contributed by atoms with E-state index in [4.69, 9.17) is 20.3 Å². The molecule has 21 heavy (non-hydrogen) atoms. The first-order chi connectivity index (χ1) is 10.1. The summed E-state index contributed by atoms with van der Waals surface area (Å²) in [5.74, 6) is 0. The van der Waals surface area contributed by atoms with E-state index < -0.39 is 6.95 Å². The molecule has 0 aliphatic carbocycles. The van der Waals surface area contributed by atoms with Crippen LogP contribution in [-0.2, 0) is 13.6 Å². The van der Waals surface area contributed by atoms with Crippen LogP contribution in [0.2, 0.25) is 0 Å². The van der Waals surface area contributed by atoms with E-state index in [1.807, 2.05) is 6.92 Å². The minimum Gasteiger partial charge on any atom is -0.297 e. The van der Waals surface area contributed by atoms with Crippen molar-refractivity contribution in [1.29, 1.82) is 0 Å². The lowest BCUT2D eigenvalue weighted by molar-refractivity contribution is 0.215. The number of unbranched alkanes of at least 4 members (excludes halogenated alkanes) is 10. The van der Waals surface area contributed by atoms with Gasteiger partial charge in [0.05, 0.1) is 13.2 Å². The third kappa shape index (κ3) is 16.6. The highest BCUT2D eigenvalue weighted by atomic mass is 35.7. The van der Waals surface area contributed by atoms with E-state index in [0.717, 1.165) is 19.3 Å². The van der Waals surface area contributed by atoms with E-state index in [-0.39, 0.29) is 0 Å². The Morgan fingerprint density at radius 1 is 0.667 bits per heavy atom. The first kappa shape index (κ1) is 21.4. The van der Waals surface area contributed by atoms with Crippen LogP contribution in [0.25, 0.3) is 0 Å². The largest absolute Gasteiger partial charge is 0.424 e. The molecule has 128 valence electrons. The van der Waals surface area contributed by atoms with E-state index in [0.29, 0.717) is 13.2 Å². The van der Waals surface area contributed by atoms with Crippen LogP contribution in [0.3, 0.4) is 0 Å². The monoisotopic (exact) mass is 340 g/mol. The van der Waals surface area contributed by atoms with Crippen molar-refractivity contribution in [2.75, 3.05) is 13.2 Å². The van der Waals surface area contributed by atoms with Crippen molar-refractivity contribution in [2.45, 2.75) is 90.9 Å². The molecule has 3 nitrogen and oxygen atoms in total. The zero-order valence-corrected chi connectivity index (χ0v) is 15.6. The van der Waals surface area contributed by atoms with Gasteiger partial charge in [-0.3, -0.25) is 9.05 Å². The van der Waals surface area contributed by atoms with Gasteiger partial charge in [0.1, 0.15) is 0 Å². The molecule has 0 amide bonds. The molecule has 0 aliphatic rings. The zero-order valence-electron chi connectivity index (χ0n) is 13.9. The summed E-state index contributed by atoms with van der Waals surface area (Å²) >= 11 is 5.66. The maximum Gasteiger partial charge on any atom is 0.424 e. The molecule has 0 bridgehead atoms. The first-order valence-corrected chi connectivity index (χ1v) is 11.2. The predicted molar refractivity (Wildman–Crippen MR) is 92.1 cm³/mol. The number of halogens is 1. The van der Waals surface area contributed by atoms with Gasteiger partial charge in [-0.15, -0.1) is 0 Å². The maximum atomic E-state index is 11.6. The van der Waals surface area contributed by atoms with Gasteiger partial charge in [-0.25, -0.2) is 4.57 Å². The average Bonchev–Trinajstić information content (AvgIpc) is 2.46. The van der Waals surface area contributed by atoms with E-state index in [9.17, 15) is 4.57 Å². The van der Waals surface area contributed by atoms with Crippen LogP contribution < -0.4 is 0 Å². The van der Waals surface area contributed by atoms with Crippen LogP contribution >= 0.6 is 18.2 Å². The van der Waals surface area contributed by atoms with E-state index >= 15 is 0 Å². The van der Waals surface area contributed by atoms with Gasteiger partial charge in [0, 0.05) is 11.2 Å². The van der Waals surface area contributed by atoms with Gasteiger partial charge in [-0.05, 0) is 12.8 Å². The van der Waals surface area contributed by atoms with Gasteiger partial charge in [0.15, 0.2) is 0 Å². The molecule has 0 aromatic rings. The molecule has 0 aromatic carbocycles. The fourth-order valence-electron chi connectivity index (χ4n) is 2.18. The van der Waals surface area contributed by atoms with Crippen molar-refractivity contribution < 1.29 is 13.6 Å². The molecule has 0 N–H and O–H groups in total. The summed E-state index contributed by atoms with van der Waals surface area (Å²) in [5, 5.41) is 0. The minimum absolute atomic E-state index is 0.388. The Morgan fingerprint density at radius 2 is 1.10 bits per heavy atom. The molecule has 0 aliphatic heterocycles. The number of rotatable bonds is 16. The van der Waals surface area contributed by atoms with Crippen molar-refractivity contribution in [3.05, 3.63) is 0 Å². The van der Waals surface area contributed by atoms with Crippen molar-refractivity contribution >= 4 is 18.2 Å². The minimum atomic E-state index is -3.32. The SMILES string of the molecule is CCCCCCCCCCCCCOP(=O)(Cl)OCCC. The molecule has 0 saturated heterocycles. The van der Waals surface area contributed by atoms with Crippen molar-refractivity contribution in [2.24, 2.45) is 0 Å². The lowest BCUT2D eigenvalue weighted by Crippen LogP contribution is -1.94. The van der Waals surface area contributed by atoms with E-state index in [2.05, 4.69) is 6.92 Å². The second-order valence-electron chi connectivity index (χ2n) is 5.63. The molecule has 1 atom stereocenters. The molecule has 0 rings (SSSR count). The first-order valence-electron chi connectivity index (χ1n) is 8.71. The van der Waals surface area contributed by atoms with E-state index in [1.165, 1.54) is 57.8 Å². The molecule has 0 heterocycles. The van der Waals surface area contributed by atoms with Crippen LogP contribution in [-0.4, -0.2) is 13.2 Å². The third-order valence-electron chi connectivity index (χ3n) is 3.44. The van der Waals surface area contributed by atoms with Crippen LogP contribution in [0.15, 0.2) is 0 Å². The summed E-state index contributed by atoms with van der Waals surface area (Å²) in [6.07, 6.45) is 14.9. The van der Waals surface area contributed by atoms with Gasteiger partial charge in [-0.2, -0.15) is 0 Å². The second kappa shape index (κ2) is 15.3. The van der Waals surface area contributed by atoms with E-state index in [1.54, 1.807) is 0 Å². The molecule has 1 unspecified atom stereocenters. The molecule has 0 aromatic heterocycles. The summed E-state index contributed by atoms with van der Waals surface area (Å²) in [7, 11) is 0. The molecule has 5 heteroatoms. The molecule has 0 radical (unpaired) electrons. The van der Waals surface area contributed by atoms with Crippen LogP contribution in [0.1, 0.15) is 90.9 Å². The number of hydrogen-bond donors (Lipinski definition) is 0. The Bertz CT molecular complexity index is 262. The number of hydrogen-bond acceptors (Lipinski definition) is 3. The Morgan fingerprint density at radius 3 is 1.57 bits per heavy atom. The lowest BCUT2D eigenvalue weighted by Gasteiger charge is -2.10. The molecule has 0 spiro atoms. The van der Waals surface area contributed by atoms with Gasteiger partial charge in [-0.1, -0.05) is 78.1 Å². The molecule has 0 saturated carbocycles. The average molecular weight is 341 g/mol. The summed E-state index contributed by atoms with van der Waals surface area (Å²) in [5.41, 5.74) is 0. The molecule has 0 fully saturated rings. The zero-order chi connectivity index (χ0) is 15.8. The second-order valence-corrected chi connectivity index (χ2v) is 8.25. The van der Waals surface area contributed by atoms with Crippen LogP contribution in [0.5, 0.6) is 0 Å². The Balaban J connectivity index is 3.20. The predicted octanol–water partition coefficient (Wildman–Crippen LogP) is 7.09.